The van der Waals surface area contributed by atoms with Gasteiger partial charge in [0.2, 0.25) is 5.91 Å². The number of amides is 1. The Morgan fingerprint density at radius 2 is 1.68 bits per heavy atom. The summed E-state index contributed by atoms with van der Waals surface area (Å²) in [4.78, 5) is 20.9. The first-order valence-electron chi connectivity index (χ1n) is 8.94. The summed E-state index contributed by atoms with van der Waals surface area (Å²) < 4.78 is 0. The van der Waals surface area contributed by atoms with Gasteiger partial charge in [-0.15, -0.1) is 0 Å². The van der Waals surface area contributed by atoms with Crippen molar-refractivity contribution >= 4 is 5.91 Å². The Morgan fingerprint density at radius 1 is 0.960 bits per heavy atom. The lowest BCUT2D eigenvalue weighted by Gasteiger charge is -2.34. The van der Waals surface area contributed by atoms with Gasteiger partial charge in [0, 0.05) is 64.6 Å². The van der Waals surface area contributed by atoms with E-state index in [9.17, 15) is 4.79 Å². The predicted octanol–water partition coefficient (Wildman–Crippen LogP) is 1.91. The highest BCUT2D eigenvalue weighted by Gasteiger charge is 2.17. The summed E-state index contributed by atoms with van der Waals surface area (Å²) >= 11 is 0. The lowest BCUT2D eigenvalue weighted by Crippen LogP contribution is -2.46. The molecule has 2 aromatic rings. The monoisotopic (exact) mass is 338 g/mol. The van der Waals surface area contributed by atoms with E-state index in [2.05, 4.69) is 50.4 Å². The SMILES string of the molecule is O=C(CCN1CCN(Cc2ccccc2)CC1)NCc1cccnc1. The number of carbonyl (C=O) groups excluding carboxylic acids is 1. The van der Waals surface area contributed by atoms with Crippen LogP contribution in [0, 0.1) is 0 Å². The number of aromatic nitrogens is 1. The normalized spacial score (nSPS) is 15.8. The minimum Gasteiger partial charge on any atom is -0.352 e. The third-order valence-corrected chi connectivity index (χ3v) is 4.58. The Balaban J connectivity index is 1.31. The molecule has 3 rings (SSSR count). The molecule has 1 aliphatic heterocycles. The average Bonchev–Trinajstić information content (AvgIpc) is 2.67. The maximum absolute atomic E-state index is 12.0. The Kier molecular flexibility index (Phi) is 6.54. The first-order chi connectivity index (χ1) is 12.3. The van der Waals surface area contributed by atoms with Crippen molar-refractivity contribution in [3.05, 3.63) is 66.0 Å². The topological polar surface area (TPSA) is 48.5 Å². The van der Waals surface area contributed by atoms with Gasteiger partial charge in [-0.2, -0.15) is 0 Å². The van der Waals surface area contributed by atoms with Gasteiger partial charge in [0.25, 0.3) is 0 Å². The van der Waals surface area contributed by atoms with E-state index in [4.69, 9.17) is 0 Å². The molecule has 0 bridgehead atoms. The fraction of sp³-hybridized carbons (Fsp3) is 0.400. The Morgan fingerprint density at radius 3 is 2.40 bits per heavy atom. The van der Waals surface area contributed by atoms with Gasteiger partial charge in [-0.1, -0.05) is 36.4 Å². The summed E-state index contributed by atoms with van der Waals surface area (Å²) in [6.45, 7) is 6.58. The molecule has 1 aliphatic rings. The quantitative estimate of drug-likeness (QED) is 0.838. The third-order valence-electron chi connectivity index (χ3n) is 4.58. The first kappa shape index (κ1) is 17.6. The summed E-state index contributed by atoms with van der Waals surface area (Å²) in [6, 6.07) is 14.5. The van der Waals surface area contributed by atoms with Gasteiger partial charge in [0.15, 0.2) is 0 Å². The van der Waals surface area contributed by atoms with E-state index in [1.165, 1.54) is 5.56 Å². The van der Waals surface area contributed by atoms with E-state index in [-0.39, 0.29) is 5.91 Å². The molecule has 0 radical (unpaired) electrons. The minimum absolute atomic E-state index is 0.107. The lowest BCUT2D eigenvalue weighted by atomic mass is 10.2. The van der Waals surface area contributed by atoms with Gasteiger partial charge >= 0.3 is 0 Å². The number of rotatable bonds is 7. The van der Waals surface area contributed by atoms with Crippen LogP contribution in [0.1, 0.15) is 17.5 Å². The highest BCUT2D eigenvalue weighted by atomic mass is 16.1. The number of hydrogen-bond donors (Lipinski definition) is 1. The molecule has 0 spiro atoms. The van der Waals surface area contributed by atoms with Crippen molar-refractivity contribution < 1.29 is 4.79 Å². The number of hydrogen-bond acceptors (Lipinski definition) is 4. The van der Waals surface area contributed by atoms with E-state index in [0.29, 0.717) is 13.0 Å². The van der Waals surface area contributed by atoms with Gasteiger partial charge in [-0.25, -0.2) is 0 Å². The van der Waals surface area contributed by atoms with Crippen LogP contribution < -0.4 is 5.32 Å². The predicted molar refractivity (Wildman–Crippen MR) is 98.9 cm³/mol. The van der Waals surface area contributed by atoms with Crippen LogP contribution in [-0.4, -0.2) is 53.4 Å². The van der Waals surface area contributed by atoms with Crippen LogP contribution in [0.4, 0.5) is 0 Å². The molecule has 1 fully saturated rings. The Hall–Kier alpha value is -2.24. The van der Waals surface area contributed by atoms with Crippen LogP contribution in [0.25, 0.3) is 0 Å². The zero-order valence-electron chi connectivity index (χ0n) is 14.6. The van der Waals surface area contributed by atoms with Crippen LogP contribution in [0.15, 0.2) is 54.9 Å². The van der Waals surface area contributed by atoms with Crippen molar-refractivity contribution in [2.24, 2.45) is 0 Å². The number of pyridine rings is 1. The molecule has 2 heterocycles. The summed E-state index contributed by atoms with van der Waals surface area (Å²) in [5.74, 6) is 0.107. The second-order valence-electron chi connectivity index (χ2n) is 6.49. The van der Waals surface area contributed by atoms with E-state index >= 15 is 0 Å². The molecule has 1 amide bonds. The van der Waals surface area contributed by atoms with Gasteiger partial charge < -0.3 is 10.2 Å². The zero-order valence-corrected chi connectivity index (χ0v) is 14.6. The maximum atomic E-state index is 12.0. The molecule has 1 aromatic carbocycles. The van der Waals surface area contributed by atoms with E-state index in [0.717, 1.165) is 44.8 Å². The largest absolute Gasteiger partial charge is 0.352 e. The molecule has 0 saturated carbocycles. The van der Waals surface area contributed by atoms with Crippen molar-refractivity contribution in [1.29, 1.82) is 0 Å². The van der Waals surface area contributed by atoms with Gasteiger partial charge in [-0.3, -0.25) is 14.7 Å². The van der Waals surface area contributed by atoms with E-state index in [1.54, 1.807) is 12.4 Å². The number of nitrogens with zero attached hydrogens (tertiary/aromatic N) is 3. The van der Waals surface area contributed by atoms with Gasteiger partial charge in [0.05, 0.1) is 0 Å². The smallest absolute Gasteiger partial charge is 0.221 e. The average molecular weight is 338 g/mol. The van der Waals surface area contributed by atoms with E-state index in [1.807, 2.05) is 12.1 Å². The van der Waals surface area contributed by atoms with Crippen molar-refractivity contribution in [3.63, 3.8) is 0 Å². The fourth-order valence-corrected chi connectivity index (χ4v) is 3.06. The third kappa shape index (κ3) is 5.96. The van der Waals surface area contributed by atoms with Crippen molar-refractivity contribution in [2.45, 2.75) is 19.5 Å². The fourth-order valence-electron chi connectivity index (χ4n) is 3.06. The molecule has 0 unspecified atom stereocenters. The number of benzene rings is 1. The van der Waals surface area contributed by atoms with Crippen LogP contribution in [0.2, 0.25) is 0 Å². The number of nitrogens with one attached hydrogen (secondary N) is 1. The minimum atomic E-state index is 0.107. The molecular weight excluding hydrogens is 312 g/mol. The number of carbonyl (C=O) groups is 1. The summed E-state index contributed by atoms with van der Waals surface area (Å²) in [7, 11) is 0. The Labute approximate surface area is 149 Å². The van der Waals surface area contributed by atoms with Crippen LogP contribution in [0.3, 0.4) is 0 Å². The van der Waals surface area contributed by atoms with Crippen molar-refractivity contribution in [2.75, 3.05) is 32.7 Å². The molecule has 5 nitrogen and oxygen atoms in total. The maximum Gasteiger partial charge on any atom is 0.221 e. The number of piperazine rings is 1. The molecular formula is C20H26N4O. The molecule has 1 N–H and O–H groups in total. The van der Waals surface area contributed by atoms with Crippen LogP contribution in [0.5, 0.6) is 0 Å². The first-order valence-corrected chi connectivity index (χ1v) is 8.94. The zero-order chi connectivity index (χ0) is 17.3. The molecule has 1 aromatic heterocycles. The highest BCUT2D eigenvalue weighted by Crippen LogP contribution is 2.08. The second-order valence-corrected chi connectivity index (χ2v) is 6.49. The molecule has 132 valence electrons. The Bertz CT molecular complexity index is 639. The van der Waals surface area contributed by atoms with Gasteiger partial charge in [-0.05, 0) is 17.2 Å². The summed E-state index contributed by atoms with van der Waals surface area (Å²) in [6.07, 6.45) is 4.08. The van der Waals surface area contributed by atoms with Crippen molar-refractivity contribution in [1.82, 2.24) is 20.1 Å². The molecule has 0 atom stereocenters. The van der Waals surface area contributed by atoms with Gasteiger partial charge in [0.1, 0.15) is 0 Å². The van der Waals surface area contributed by atoms with Crippen LogP contribution in [-0.2, 0) is 17.9 Å². The van der Waals surface area contributed by atoms with Crippen molar-refractivity contribution in [3.8, 4) is 0 Å². The standard InChI is InChI=1S/C20H26N4O/c25-20(22-16-19-7-4-9-21-15-19)8-10-23-11-13-24(14-12-23)17-18-5-2-1-3-6-18/h1-7,9,15H,8,10-14,16-17H2,(H,22,25). The molecule has 0 aliphatic carbocycles. The molecule has 1 saturated heterocycles. The lowest BCUT2D eigenvalue weighted by molar-refractivity contribution is -0.121. The molecule has 5 heteroatoms. The summed E-state index contributed by atoms with van der Waals surface area (Å²) in [5.41, 5.74) is 2.40. The van der Waals surface area contributed by atoms with E-state index < -0.39 is 0 Å². The molecule has 25 heavy (non-hydrogen) atoms. The summed E-state index contributed by atoms with van der Waals surface area (Å²) in [5, 5.41) is 2.96. The highest BCUT2D eigenvalue weighted by molar-refractivity contribution is 5.76. The van der Waals surface area contributed by atoms with Crippen LogP contribution >= 0.6 is 0 Å². The second kappa shape index (κ2) is 9.30.